The number of pyridine rings is 1. The van der Waals surface area contributed by atoms with Gasteiger partial charge in [0.2, 0.25) is 11.8 Å². The molecule has 4 aromatic carbocycles. The average Bonchev–Trinajstić information content (AvgIpc) is 2.74. The van der Waals surface area contributed by atoms with Crippen molar-refractivity contribution in [2.45, 2.75) is 0 Å². The SMILES string of the molecule is Oc1ccc2cc(Oc3cccc(Oc4ccc5cc(O)ccc5c4)n3)ccc2c1. The largest absolute Gasteiger partial charge is 0.508 e. The first-order valence-electron chi connectivity index (χ1n) is 9.41. The second kappa shape index (κ2) is 7.29. The van der Waals surface area contributed by atoms with Crippen LogP contribution in [0.1, 0.15) is 0 Å². The van der Waals surface area contributed by atoms with Gasteiger partial charge in [0.25, 0.3) is 0 Å². The average molecular weight is 395 g/mol. The number of nitrogens with zero attached hydrogens (tertiary/aromatic N) is 1. The molecular formula is C25H17NO4. The predicted octanol–water partition coefficient (Wildman–Crippen LogP) is 6.38. The van der Waals surface area contributed by atoms with Gasteiger partial charge in [-0.1, -0.05) is 30.3 Å². The smallest absolute Gasteiger partial charge is 0.222 e. The molecule has 5 aromatic rings. The highest BCUT2D eigenvalue weighted by Gasteiger charge is 2.06. The molecule has 146 valence electrons. The number of rotatable bonds is 4. The first-order valence-corrected chi connectivity index (χ1v) is 9.41. The van der Waals surface area contributed by atoms with E-state index in [2.05, 4.69) is 4.98 Å². The van der Waals surface area contributed by atoms with E-state index in [4.69, 9.17) is 9.47 Å². The number of ether oxygens (including phenoxy) is 2. The van der Waals surface area contributed by atoms with Crippen LogP contribution in [0.25, 0.3) is 21.5 Å². The number of phenolic OH excluding ortho intramolecular Hbond substituents is 2. The lowest BCUT2D eigenvalue weighted by Gasteiger charge is -2.09. The second-order valence-electron chi connectivity index (χ2n) is 6.90. The molecule has 0 atom stereocenters. The molecule has 5 rings (SSSR count). The lowest BCUT2D eigenvalue weighted by molar-refractivity contribution is 0.427. The summed E-state index contributed by atoms with van der Waals surface area (Å²) in [4.78, 5) is 4.43. The van der Waals surface area contributed by atoms with Gasteiger partial charge >= 0.3 is 0 Å². The molecule has 5 nitrogen and oxygen atoms in total. The predicted molar refractivity (Wildman–Crippen MR) is 116 cm³/mol. The number of aromatic hydroxyl groups is 2. The molecule has 0 aliphatic rings. The summed E-state index contributed by atoms with van der Waals surface area (Å²) in [5, 5.41) is 23.0. The lowest BCUT2D eigenvalue weighted by atomic mass is 10.1. The molecule has 1 heterocycles. The highest BCUT2D eigenvalue weighted by atomic mass is 16.5. The minimum Gasteiger partial charge on any atom is -0.508 e. The van der Waals surface area contributed by atoms with E-state index in [-0.39, 0.29) is 11.5 Å². The summed E-state index contributed by atoms with van der Waals surface area (Å²) in [5.74, 6) is 2.57. The van der Waals surface area contributed by atoms with E-state index >= 15 is 0 Å². The zero-order valence-corrected chi connectivity index (χ0v) is 15.8. The Bertz CT molecular complexity index is 1280. The van der Waals surface area contributed by atoms with Gasteiger partial charge in [-0.3, -0.25) is 0 Å². The maximum atomic E-state index is 9.59. The monoisotopic (exact) mass is 395 g/mol. The van der Waals surface area contributed by atoms with E-state index in [0.29, 0.717) is 23.3 Å². The number of fused-ring (bicyclic) bond motifs is 2. The van der Waals surface area contributed by atoms with Crippen LogP contribution in [0.15, 0.2) is 91.0 Å². The Morgan fingerprint density at radius 2 is 0.933 bits per heavy atom. The highest BCUT2D eigenvalue weighted by molar-refractivity contribution is 5.86. The summed E-state index contributed by atoms with van der Waals surface area (Å²) < 4.78 is 11.8. The Morgan fingerprint density at radius 3 is 1.43 bits per heavy atom. The first kappa shape index (κ1) is 17.8. The Morgan fingerprint density at radius 1 is 0.500 bits per heavy atom. The van der Waals surface area contributed by atoms with Crippen molar-refractivity contribution < 1.29 is 19.7 Å². The van der Waals surface area contributed by atoms with Gasteiger partial charge in [-0.15, -0.1) is 0 Å². The maximum Gasteiger partial charge on any atom is 0.222 e. The molecule has 0 saturated carbocycles. The van der Waals surface area contributed by atoms with Crippen molar-refractivity contribution in [3.63, 3.8) is 0 Å². The van der Waals surface area contributed by atoms with Gasteiger partial charge in [-0.05, 0) is 70.1 Å². The van der Waals surface area contributed by atoms with E-state index in [9.17, 15) is 10.2 Å². The van der Waals surface area contributed by atoms with Gasteiger partial charge in [0.1, 0.15) is 23.0 Å². The molecule has 2 N–H and O–H groups in total. The van der Waals surface area contributed by atoms with Crippen molar-refractivity contribution >= 4 is 21.5 Å². The summed E-state index contributed by atoms with van der Waals surface area (Å²) in [7, 11) is 0. The van der Waals surface area contributed by atoms with Crippen LogP contribution in [0, 0.1) is 0 Å². The lowest BCUT2D eigenvalue weighted by Crippen LogP contribution is -1.92. The summed E-state index contributed by atoms with van der Waals surface area (Å²) in [6, 6.07) is 26.9. The van der Waals surface area contributed by atoms with Crippen LogP contribution in [0.2, 0.25) is 0 Å². The molecule has 1 aromatic heterocycles. The number of hydrogen-bond donors (Lipinski definition) is 2. The summed E-state index contributed by atoms with van der Waals surface area (Å²) >= 11 is 0. The molecule has 0 unspecified atom stereocenters. The van der Waals surface area contributed by atoms with E-state index in [0.717, 1.165) is 21.5 Å². The molecule has 0 spiro atoms. The third-order valence-electron chi connectivity index (χ3n) is 4.73. The van der Waals surface area contributed by atoms with Gasteiger partial charge in [-0.2, -0.15) is 4.98 Å². The van der Waals surface area contributed by atoms with Gasteiger partial charge in [0, 0.05) is 12.1 Å². The Kier molecular flexibility index (Phi) is 4.33. The molecule has 0 radical (unpaired) electrons. The van der Waals surface area contributed by atoms with Crippen LogP contribution in [-0.2, 0) is 0 Å². The number of benzene rings is 4. The van der Waals surface area contributed by atoms with Crippen LogP contribution >= 0.6 is 0 Å². The molecule has 0 aliphatic heterocycles. The van der Waals surface area contributed by atoms with E-state index < -0.39 is 0 Å². The normalized spacial score (nSPS) is 10.9. The molecule has 5 heteroatoms. The molecule has 0 fully saturated rings. The first-order chi connectivity index (χ1) is 14.6. The fourth-order valence-corrected chi connectivity index (χ4v) is 3.30. The zero-order chi connectivity index (χ0) is 20.5. The summed E-state index contributed by atoms with van der Waals surface area (Å²) in [6.07, 6.45) is 0. The third-order valence-corrected chi connectivity index (χ3v) is 4.73. The highest BCUT2D eigenvalue weighted by Crippen LogP contribution is 2.30. The minimum absolute atomic E-state index is 0.230. The van der Waals surface area contributed by atoms with Gasteiger partial charge < -0.3 is 19.7 Å². The Hall–Kier alpha value is -4.25. The van der Waals surface area contributed by atoms with Crippen molar-refractivity contribution in [3.8, 4) is 34.8 Å². The van der Waals surface area contributed by atoms with Gasteiger partial charge in [0.15, 0.2) is 0 Å². The van der Waals surface area contributed by atoms with Crippen molar-refractivity contribution in [2.75, 3.05) is 0 Å². The van der Waals surface area contributed by atoms with Crippen LogP contribution in [0.4, 0.5) is 0 Å². The molecule has 0 saturated heterocycles. The van der Waals surface area contributed by atoms with Crippen molar-refractivity contribution in [1.29, 1.82) is 0 Å². The van der Waals surface area contributed by atoms with Crippen LogP contribution in [0.5, 0.6) is 34.8 Å². The van der Waals surface area contributed by atoms with E-state index in [1.54, 1.807) is 36.4 Å². The molecule has 0 aliphatic carbocycles. The van der Waals surface area contributed by atoms with E-state index in [1.165, 1.54) is 0 Å². The molecule has 30 heavy (non-hydrogen) atoms. The van der Waals surface area contributed by atoms with Crippen LogP contribution in [-0.4, -0.2) is 15.2 Å². The summed E-state index contributed by atoms with van der Waals surface area (Å²) in [5.41, 5.74) is 0. The van der Waals surface area contributed by atoms with Crippen LogP contribution < -0.4 is 9.47 Å². The molecule has 0 amide bonds. The van der Waals surface area contributed by atoms with Crippen molar-refractivity contribution in [1.82, 2.24) is 4.98 Å². The number of hydrogen-bond acceptors (Lipinski definition) is 5. The third kappa shape index (κ3) is 3.69. The maximum absolute atomic E-state index is 9.59. The minimum atomic E-state index is 0.230. The fourth-order valence-electron chi connectivity index (χ4n) is 3.30. The molecular weight excluding hydrogens is 378 g/mol. The van der Waals surface area contributed by atoms with Crippen molar-refractivity contribution in [3.05, 3.63) is 91.0 Å². The van der Waals surface area contributed by atoms with Crippen molar-refractivity contribution in [2.24, 2.45) is 0 Å². The van der Waals surface area contributed by atoms with Crippen LogP contribution in [0.3, 0.4) is 0 Å². The standard InChI is InChI=1S/C25H17NO4/c27-20-8-4-18-14-22(10-6-16(18)12-20)29-24-2-1-3-25(26-24)30-23-11-7-17-13-21(28)9-5-19(17)15-23/h1-15,27-28H. The van der Waals surface area contributed by atoms with Gasteiger partial charge in [-0.25, -0.2) is 0 Å². The second-order valence-corrected chi connectivity index (χ2v) is 6.90. The molecule has 0 bridgehead atoms. The zero-order valence-electron chi connectivity index (χ0n) is 15.8. The Labute approximate surface area is 172 Å². The number of aromatic nitrogens is 1. The topological polar surface area (TPSA) is 71.8 Å². The van der Waals surface area contributed by atoms with Gasteiger partial charge in [0.05, 0.1) is 0 Å². The number of phenols is 2. The quantitative estimate of drug-likeness (QED) is 0.369. The van der Waals surface area contributed by atoms with E-state index in [1.807, 2.05) is 54.6 Å². The Balaban J connectivity index is 1.37. The summed E-state index contributed by atoms with van der Waals surface area (Å²) in [6.45, 7) is 0. The fraction of sp³-hybridized carbons (Fsp3) is 0.